The van der Waals surface area contributed by atoms with E-state index in [0.29, 0.717) is 11.7 Å². The summed E-state index contributed by atoms with van der Waals surface area (Å²) < 4.78 is 2.26. The molecular formula is C20H17NO. The van der Waals surface area contributed by atoms with E-state index >= 15 is 0 Å². The topological polar surface area (TPSA) is 22.0 Å². The van der Waals surface area contributed by atoms with Crippen LogP contribution in [0.4, 0.5) is 0 Å². The second kappa shape index (κ2) is 3.89. The number of Topliss-reactive ketones (excluding diaryl/α,β-unsaturated/α-hetero) is 1. The first-order valence-electron chi connectivity index (χ1n) is 7.91. The molecule has 0 spiro atoms. The molecule has 108 valence electrons. The van der Waals surface area contributed by atoms with Crippen molar-refractivity contribution in [1.29, 1.82) is 0 Å². The van der Waals surface area contributed by atoms with Crippen LogP contribution < -0.4 is 0 Å². The summed E-state index contributed by atoms with van der Waals surface area (Å²) in [7, 11) is 0. The summed E-state index contributed by atoms with van der Waals surface area (Å²) >= 11 is 0. The normalized spacial score (nSPS) is 25.9. The molecule has 1 fully saturated rings. The van der Waals surface area contributed by atoms with Crippen LogP contribution in [0.15, 0.2) is 54.6 Å². The molecule has 3 aromatic rings. The van der Waals surface area contributed by atoms with Gasteiger partial charge < -0.3 is 4.57 Å². The summed E-state index contributed by atoms with van der Waals surface area (Å²) in [5.74, 6) is 0.772. The lowest BCUT2D eigenvalue weighted by molar-refractivity contribution is 0.0911. The number of nitrogens with zero attached hydrogens (tertiary/aromatic N) is 1. The number of aryl methyl sites for hydroxylation is 1. The van der Waals surface area contributed by atoms with Gasteiger partial charge in [0.15, 0.2) is 5.78 Å². The van der Waals surface area contributed by atoms with Gasteiger partial charge in [-0.1, -0.05) is 48.5 Å². The van der Waals surface area contributed by atoms with Gasteiger partial charge in [-0.25, -0.2) is 0 Å². The van der Waals surface area contributed by atoms with E-state index in [1.54, 1.807) is 0 Å². The molecule has 1 aliphatic heterocycles. The van der Waals surface area contributed by atoms with Gasteiger partial charge >= 0.3 is 0 Å². The van der Waals surface area contributed by atoms with E-state index in [1.807, 2.05) is 18.2 Å². The third kappa shape index (κ3) is 1.29. The van der Waals surface area contributed by atoms with Gasteiger partial charge in [0.1, 0.15) is 0 Å². The Bertz CT molecular complexity index is 922. The Balaban J connectivity index is 1.76. The summed E-state index contributed by atoms with van der Waals surface area (Å²) in [5, 5.41) is 1.22. The number of ketones is 1. The Morgan fingerprint density at radius 1 is 1.05 bits per heavy atom. The first-order chi connectivity index (χ1) is 10.7. The molecule has 2 heteroatoms. The maximum atomic E-state index is 13.4. The molecule has 1 aliphatic carbocycles. The lowest BCUT2D eigenvalue weighted by atomic mass is 9.84. The number of rotatable bonds is 1. The second-order valence-electron chi connectivity index (χ2n) is 6.67. The van der Waals surface area contributed by atoms with Crippen LogP contribution in [-0.4, -0.2) is 10.4 Å². The molecular weight excluding hydrogens is 270 g/mol. The predicted molar refractivity (Wildman–Crippen MR) is 87.2 cm³/mol. The number of fused-ring (bicyclic) bond motifs is 4. The maximum absolute atomic E-state index is 13.4. The van der Waals surface area contributed by atoms with Gasteiger partial charge in [-0.05, 0) is 36.5 Å². The van der Waals surface area contributed by atoms with Gasteiger partial charge in [-0.15, -0.1) is 0 Å². The van der Waals surface area contributed by atoms with Crippen LogP contribution in [-0.2, 0) is 12.0 Å². The highest BCUT2D eigenvalue weighted by Gasteiger charge is 2.63. The van der Waals surface area contributed by atoms with Crippen LogP contribution in [0, 0.1) is 12.8 Å². The molecule has 22 heavy (non-hydrogen) atoms. The number of hydrogen-bond acceptors (Lipinski definition) is 1. The van der Waals surface area contributed by atoms with Gasteiger partial charge in [0.2, 0.25) is 0 Å². The second-order valence-corrected chi connectivity index (χ2v) is 6.67. The molecule has 5 rings (SSSR count). The molecule has 0 N–H and O–H groups in total. The largest absolute Gasteiger partial charge is 0.338 e. The monoisotopic (exact) mass is 287 g/mol. The van der Waals surface area contributed by atoms with Gasteiger partial charge in [-0.2, -0.15) is 0 Å². The lowest BCUT2D eigenvalue weighted by Gasteiger charge is -2.24. The van der Waals surface area contributed by atoms with Crippen LogP contribution in [0.25, 0.3) is 10.9 Å². The van der Waals surface area contributed by atoms with E-state index in [1.165, 1.54) is 16.5 Å². The molecule has 2 unspecified atom stereocenters. The quantitative estimate of drug-likeness (QED) is 0.660. The SMILES string of the molecule is Cc1c2n(c3ccccc13)CC1CC1(c1ccccc1)C2=O. The fraction of sp³-hybridized carbons (Fsp3) is 0.250. The van der Waals surface area contributed by atoms with Gasteiger partial charge in [0, 0.05) is 17.4 Å². The predicted octanol–water partition coefficient (Wildman–Crippen LogP) is 4.10. The number of carbonyl (C=O) groups excluding carboxylic acids is 1. The number of hydrogen-bond donors (Lipinski definition) is 0. The molecule has 2 atom stereocenters. The fourth-order valence-electron chi connectivity index (χ4n) is 4.44. The van der Waals surface area contributed by atoms with Crippen LogP contribution in [0.2, 0.25) is 0 Å². The first kappa shape index (κ1) is 12.2. The molecule has 2 nitrogen and oxygen atoms in total. The van der Waals surface area contributed by atoms with Crippen molar-refractivity contribution < 1.29 is 4.79 Å². The van der Waals surface area contributed by atoms with E-state index in [4.69, 9.17) is 0 Å². The average molecular weight is 287 g/mol. The molecule has 1 saturated carbocycles. The number of carbonyl (C=O) groups is 1. The van der Waals surface area contributed by atoms with Crippen molar-refractivity contribution in [2.24, 2.45) is 5.92 Å². The molecule has 0 bridgehead atoms. The standard InChI is InChI=1S/C20H17NO/c1-13-16-9-5-6-10-17(16)21-12-15-11-20(15,19(22)18(13)21)14-7-3-2-4-8-14/h2-10,15H,11-12H2,1H3. The highest BCUT2D eigenvalue weighted by molar-refractivity contribution is 6.11. The smallest absolute Gasteiger partial charge is 0.190 e. The third-order valence-corrected chi connectivity index (χ3v) is 5.64. The van der Waals surface area contributed by atoms with Crippen LogP contribution in [0.1, 0.15) is 28.0 Å². The summed E-state index contributed by atoms with van der Waals surface area (Å²) in [6.45, 7) is 3.05. The number of aromatic nitrogens is 1. The Kier molecular flexibility index (Phi) is 2.16. The number of benzene rings is 2. The minimum Gasteiger partial charge on any atom is -0.338 e. The minimum absolute atomic E-state index is 0.254. The molecule has 0 amide bonds. The summed E-state index contributed by atoms with van der Waals surface area (Å²) in [5.41, 5.74) is 4.22. The van der Waals surface area contributed by atoms with Crippen molar-refractivity contribution in [1.82, 2.24) is 4.57 Å². The van der Waals surface area contributed by atoms with Crippen molar-refractivity contribution in [3.05, 3.63) is 71.4 Å². The molecule has 1 aromatic heterocycles. The van der Waals surface area contributed by atoms with Crippen molar-refractivity contribution >= 4 is 16.7 Å². The summed E-state index contributed by atoms with van der Waals surface area (Å²) in [4.78, 5) is 13.4. The van der Waals surface area contributed by atoms with Crippen molar-refractivity contribution in [2.45, 2.75) is 25.3 Å². The van der Waals surface area contributed by atoms with Crippen molar-refractivity contribution in [2.75, 3.05) is 0 Å². The van der Waals surface area contributed by atoms with E-state index in [2.05, 4.69) is 47.9 Å². The number of para-hydroxylation sites is 1. The fourth-order valence-corrected chi connectivity index (χ4v) is 4.44. The van der Waals surface area contributed by atoms with Crippen molar-refractivity contribution in [3.63, 3.8) is 0 Å². The zero-order chi connectivity index (χ0) is 14.9. The Labute approximate surface area is 129 Å². The first-order valence-corrected chi connectivity index (χ1v) is 7.91. The molecule has 0 saturated heterocycles. The van der Waals surface area contributed by atoms with Crippen LogP contribution in [0.5, 0.6) is 0 Å². The molecule has 2 heterocycles. The maximum Gasteiger partial charge on any atom is 0.190 e. The molecule has 2 aromatic carbocycles. The lowest BCUT2D eigenvalue weighted by Crippen LogP contribution is -2.32. The van der Waals surface area contributed by atoms with Gasteiger partial charge in [0.25, 0.3) is 0 Å². The van der Waals surface area contributed by atoms with Gasteiger partial charge in [-0.3, -0.25) is 4.79 Å². The van der Waals surface area contributed by atoms with Crippen LogP contribution >= 0.6 is 0 Å². The zero-order valence-electron chi connectivity index (χ0n) is 12.5. The van der Waals surface area contributed by atoms with E-state index in [-0.39, 0.29) is 5.41 Å². The average Bonchev–Trinajstić information content (AvgIpc) is 3.24. The van der Waals surface area contributed by atoms with E-state index in [9.17, 15) is 4.79 Å². The third-order valence-electron chi connectivity index (χ3n) is 5.64. The summed E-state index contributed by atoms with van der Waals surface area (Å²) in [6, 6.07) is 18.7. The molecule has 0 radical (unpaired) electrons. The van der Waals surface area contributed by atoms with E-state index < -0.39 is 0 Å². The zero-order valence-corrected chi connectivity index (χ0v) is 12.5. The van der Waals surface area contributed by atoms with E-state index in [0.717, 1.165) is 24.2 Å². The highest BCUT2D eigenvalue weighted by Crippen LogP contribution is 2.60. The minimum atomic E-state index is -0.254. The highest BCUT2D eigenvalue weighted by atomic mass is 16.1. The molecule has 2 aliphatic rings. The van der Waals surface area contributed by atoms with Crippen molar-refractivity contribution in [3.8, 4) is 0 Å². The Hall–Kier alpha value is -2.35. The van der Waals surface area contributed by atoms with Crippen LogP contribution in [0.3, 0.4) is 0 Å². The Morgan fingerprint density at radius 3 is 2.59 bits per heavy atom. The Morgan fingerprint density at radius 2 is 1.77 bits per heavy atom. The summed E-state index contributed by atoms with van der Waals surface area (Å²) in [6.07, 6.45) is 0.991. The van der Waals surface area contributed by atoms with Gasteiger partial charge in [0.05, 0.1) is 11.1 Å².